The maximum Gasteiger partial charge on any atom is 0.254 e. The fourth-order valence-electron chi connectivity index (χ4n) is 4.64. The van der Waals surface area contributed by atoms with Crippen LogP contribution >= 0.6 is 0 Å². The Kier molecular flexibility index (Phi) is 4.94. The fourth-order valence-corrected chi connectivity index (χ4v) is 4.64. The molecule has 1 N–H and O–H groups in total. The van der Waals surface area contributed by atoms with Crippen molar-refractivity contribution in [1.82, 2.24) is 15.1 Å². The summed E-state index contributed by atoms with van der Waals surface area (Å²) in [5.74, 6) is 0.473. The molecule has 5 rings (SSSR count). The van der Waals surface area contributed by atoms with E-state index in [2.05, 4.69) is 16.3 Å². The smallest absolute Gasteiger partial charge is 0.254 e. The van der Waals surface area contributed by atoms with E-state index in [9.17, 15) is 9.59 Å². The zero-order valence-electron chi connectivity index (χ0n) is 17.4. The number of H-pyrrole nitrogens is 1. The lowest BCUT2D eigenvalue weighted by atomic mass is 10.0. The topological polar surface area (TPSA) is 78.5 Å². The summed E-state index contributed by atoms with van der Waals surface area (Å²) in [7, 11) is 1.58. The zero-order chi connectivity index (χ0) is 21.4. The lowest BCUT2D eigenvalue weighted by molar-refractivity contribution is -0.122. The summed E-state index contributed by atoms with van der Waals surface area (Å²) in [6.45, 7) is 1.25. The molecule has 1 aromatic heterocycles. The Hall–Kier alpha value is -3.61. The van der Waals surface area contributed by atoms with Gasteiger partial charge in [-0.3, -0.25) is 14.7 Å². The van der Waals surface area contributed by atoms with Gasteiger partial charge in [-0.05, 0) is 49.1 Å². The summed E-state index contributed by atoms with van der Waals surface area (Å²) >= 11 is 0. The van der Waals surface area contributed by atoms with Crippen molar-refractivity contribution in [2.24, 2.45) is 0 Å². The number of anilines is 1. The third-order valence-electron chi connectivity index (χ3n) is 6.21. The number of hydrogen-bond acceptors (Lipinski definition) is 4. The second-order valence-corrected chi connectivity index (χ2v) is 7.93. The Morgan fingerprint density at radius 1 is 1.16 bits per heavy atom. The largest absolute Gasteiger partial charge is 0.496 e. The molecule has 0 radical (unpaired) electrons. The molecule has 2 aliphatic heterocycles. The van der Waals surface area contributed by atoms with Gasteiger partial charge in [0.05, 0.1) is 13.3 Å². The van der Waals surface area contributed by atoms with E-state index in [4.69, 9.17) is 4.74 Å². The molecular weight excluding hydrogens is 392 g/mol. The van der Waals surface area contributed by atoms with Gasteiger partial charge in [-0.1, -0.05) is 18.2 Å². The number of nitrogens with zero attached hydrogens (tertiary/aromatic N) is 3. The molecule has 2 aliphatic rings. The molecule has 0 bridgehead atoms. The highest BCUT2D eigenvalue weighted by molar-refractivity contribution is 6.04. The Morgan fingerprint density at radius 3 is 2.84 bits per heavy atom. The minimum Gasteiger partial charge on any atom is -0.496 e. The number of carbonyl (C=O) groups excluding carboxylic acids is 2. The van der Waals surface area contributed by atoms with Crippen LogP contribution in [0.1, 0.15) is 28.8 Å². The van der Waals surface area contributed by atoms with Gasteiger partial charge in [0.2, 0.25) is 5.91 Å². The highest BCUT2D eigenvalue weighted by Crippen LogP contribution is 2.33. The molecule has 7 heteroatoms. The van der Waals surface area contributed by atoms with E-state index >= 15 is 0 Å². The number of rotatable bonds is 4. The molecule has 0 aliphatic carbocycles. The van der Waals surface area contributed by atoms with E-state index in [-0.39, 0.29) is 11.8 Å². The normalized spacial score (nSPS) is 17.6. The number of carbonyl (C=O) groups is 2. The van der Waals surface area contributed by atoms with Crippen LogP contribution in [0.3, 0.4) is 0 Å². The fraction of sp³-hybridized carbons (Fsp3) is 0.292. The van der Waals surface area contributed by atoms with Crippen LogP contribution in [0.25, 0.3) is 11.1 Å². The molecule has 2 amide bonds. The highest BCUT2D eigenvalue weighted by Gasteiger charge is 2.39. The summed E-state index contributed by atoms with van der Waals surface area (Å²) in [6, 6.07) is 13.0. The van der Waals surface area contributed by atoms with Crippen molar-refractivity contribution < 1.29 is 14.3 Å². The maximum atomic E-state index is 13.4. The van der Waals surface area contributed by atoms with E-state index in [1.54, 1.807) is 36.5 Å². The Labute approximate surface area is 180 Å². The van der Waals surface area contributed by atoms with E-state index in [1.807, 2.05) is 29.2 Å². The first kappa shape index (κ1) is 19.4. The van der Waals surface area contributed by atoms with Gasteiger partial charge >= 0.3 is 0 Å². The first-order chi connectivity index (χ1) is 15.2. The molecule has 1 fully saturated rings. The summed E-state index contributed by atoms with van der Waals surface area (Å²) in [5.41, 5.74) is 4.42. The average Bonchev–Trinajstić information content (AvgIpc) is 3.58. The van der Waals surface area contributed by atoms with E-state index in [0.717, 1.165) is 29.7 Å². The number of benzene rings is 2. The number of nitrogens with one attached hydrogen (secondary N) is 1. The van der Waals surface area contributed by atoms with Crippen LogP contribution in [-0.2, 0) is 11.2 Å². The molecular formula is C24H24N4O3. The number of hydrogen-bond donors (Lipinski definition) is 1. The molecule has 31 heavy (non-hydrogen) atoms. The van der Waals surface area contributed by atoms with Crippen LogP contribution in [0, 0.1) is 0 Å². The van der Waals surface area contributed by atoms with Gasteiger partial charge in [-0.2, -0.15) is 5.10 Å². The molecule has 158 valence electrons. The van der Waals surface area contributed by atoms with Gasteiger partial charge in [-0.15, -0.1) is 0 Å². The van der Waals surface area contributed by atoms with Gasteiger partial charge < -0.3 is 14.5 Å². The van der Waals surface area contributed by atoms with Gasteiger partial charge in [0, 0.05) is 41.7 Å². The first-order valence-electron chi connectivity index (χ1n) is 10.5. The first-order valence-corrected chi connectivity index (χ1v) is 10.5. The van der Waals surface area contributed by atoms with Crippen molar-refractivity contribution in [1.29, 1.82) is 0 Å². The number of ether oxygens (including phenoxy) is 1. The van der Waals surface area contributed by atoms with Crippen molar-refractivity contribution in [2.45, 2.75) is 25.3 Å². The van der Waals surface area contributed by atoms with Crippen LogP contribution in [0.5, 0.6) is 5.75 Å². The van der Waals surface area contributed by atoms with Crippen molar-refractivity contribution in [3.8, 4) is 16.9 Å². The molecule has 0 spiro atoms. The number of amides is 2. The van der Waals surface area contributed by atoms with Crippen molar-refractivity contribution in [3.05, 3.63) is 66.0 Å². The predicted molar refractivity (Wildman–Crippen MR) is 117 cm³/mol. The lowest BCUT2D eigenvalue weighted by Gasteiger charge is -2.28. The number of fused-ring (bicyclic) bond motifs is 1. The molecule has 3 heterocycles. The van der Waals surface area contributed by atoms with Crippen molar-refractivity contribution in [2.75, 3.05) is 25.1 Å². The molecule has 0 saturated carbocycles. The Bertz CT molecular complexity index is 1130. The van der Waals surface area contributed by atoms with E-state index in [0.29, 0.717) is 30.8 Å². The summed E-state index contributed by atoms with van der Waals surface area (Å²) in [4.78, 5) is 30.3. The summed E-state index contributed by atoms with van der Waals surface area (Å²) in [5, 5.41) is 6.77. The maximum absolute atomic E-state index is 13.4. The monoisotopic (exact) mass is 416 g/mol. The second-order valence-electron chi connectivity index (χ2n) is 7.93. The van der Waals surface area contributed by atoms with Crippen molar-refractivity contribution in [3.63, 3.8) is 0 Å². The number of likely N-dealkylation sites (tertiary alicyclic amines) is 1. The van der Waals surface area contributed by atoms with Crippen LogP contribution < -0.4 is 9.64 Å². The lowest BCUT2D eigenvalue weighted by Crippen LogP contribution is -2.47. The number of aromatic nitrogens is 2. The van der Waals surface area contributed by atoms with Crippen LogP contribution in [0.15, 0.2) is 54.9 Å². The molecule has 1 unspecified atom stereocenters. The summed E-state index contributed by atoms with van der Waals surface area (Å²) in [6.07, 6.45) is 5.86. The highest BCUT2D eigenvalue weighted by atomic mass is 16.5. The van der Waals surface area contributed by atoms with Gasteiger partial charge in [0.1, 0.15) is 11.8 Å². The van der Waals surface area contributed by atoms with Gasteiger partial charge in [0.15, 0.2) is 0 Å². The molecule has 3 aromatic rings. The third kappa shape index (κ3) is 3.36. The third-order valence-corrected chi connectivity index (χ3v) is 6.21. The Balaban J connectivity index is 1.40. The van der Waals surface area contributed by atoms with Crippen LogP contribution in [0.4, 0.5) is 5.69 Å². The minimum absolute atomic E-state index is 0.0118. The molecule has 2 aromatic carbocycles. The second kappa shape index (κ2) is 7.91. The predicted octanol–water partition coefficient (Wildman–Crippen LogP) is 3.28. The van der Waals surface area contributed by atoms with Crippen molar-refractivity contribution >= 4 is 17.5 Å². The quantitative estimate of drug-likeness (QED) is 0.708. The molecule has 7 nitrogen and oxygen atoms in total. The Morgan fingerprint density at radius 2 is 2.03 bits per heavy atom. The molecule has 1 atom stereocenters. The SMILES string of the molecule is COc1cc(C(=O)N2CCCC2C(=O)N2CCc3ccccc32)ccc1-c1cn[nH]c1. The van der Waals surface area contributed by atoms with Gasteiger partial charge in [-0.25, -0.2) is 0 Å². The number of methoxy groups -OCH3 is 1. The average molecular weight is 416 g/mol. The zero-order valence-corrected chi connectivity index (χ0v) is 17.4. The number of para-hydroxylation sites is 1. The standard InChI is InChI=1S/C24H24N4O3/c1-31-22-13-17(8-9-19(22)18-14-25-26-15-18)23(29)27-11-4-7-21(27)24(30)28-12-10-16-5-2-3-6-20(16)28/h2-3,5-6,8-9,13-15,21H,4,7,10-12H2,1H3,(H,25,26). The molecule has 1 saturated heterocycles. The van der Waals surface area contributed by atoms with Crippen LogP contribution in [0.2, 0.25) is 0 Å². The minimum atomic E-state index is -0.432. The summed E-state index contributed by atoms with van der Waals surface area (Å²) < 4.78 is 5.53. The number of aromatic amines is 1. The van der Waals surface area contributed by atoms with E-state index < -0.39 is 6.04 Å². The van der Waals surface area contributed by atoms with E-state index in [1.165, 1.54) is 5.56 Å². The van der Waals surface area contributed by atoms with Gasteiger partial charge in [0.25, 0.3) is 5.91 Å². The van der Waals surface area contributed by atoms with Crippen LogP contribution in [-0.4, -0.2) is 53.2 Å².